The summed E-state index contributed by atoms with van der Waals surface area (Å²) in [6.07, 6.45) is 5.79. The SMILES string of the molecule is C=C(c1cc(CCC)c(C)s1)N(CCC)CCCc1cc(C(C)(C)C)cc(C(C)(C)C)c1. The summed E-state index contributed by atoms with van der Waals surface area (Å²) in [4.78, 5) is 5.32. The van der Waals surface area contributed by atoms with Crippen LogP contribution in [0.3, 0.4) is 0 Å². The molecule has 0 unspecified atom stereocenters. The first-order valence-corrected chi connectivity index (χ1v) is 13.4. The van der Waals surface area contributed by atoms with E-state index in [1.54, 1.807) is 0 Å². The van der Waals surface area contributed by atoms with Crippen molar-refractivity contribution in [1.29, 1.82) is 0 Å². The van der Waals surface area contributed by atoms with Crippen LogP contribution in [0.4, 0.5) is 0 Å². The minimum Gasteiger partial charge on any atom is -0.371 e. The van der Waals surface area contributed by atoms with Gasteiger partial charge in [-0.3, -0.25) is 0 Å². The van der Waals surface area contributed by atoms with E-state index in [0.717, 1.165) is 32.4 Å². The highest BCUT2D eigenvalue weighted by Crippen LogP contribution is 2.32. The summed E-state index contributed by atoms with van der Waals surface area (Å²) in [5.41, 5.74) is 7.43. The van der Waals surface area contributed by atoms with Gasteiger partial charge < -0.3 is 4.90 Å². The van der Waals surface area contributed by atoms with E-state index in [1.807, 2.05) is 11.3 Å². The van der Waals surface area contributed by atoms with Crippen molar-refractivity contribution in [3.05, 3.63) is 62.9 Å². The number of thiophene rings is 1. The van der Waals surface area contributed by atoms with Crippen molar-refractivity contribution in [2.24, 2.45) is 0 Å². The summed E-state index contributed by atoms with van der Waals surface area (Å²) in [6, 6.07) is 9.68. The molecule has 0 radical (unpaired) electrons. The molecule has 0 N–H and O–H groups in total. The zero-order chi connectivity index (χ0) is 24.1. The zero-order valence-corrected chi connectivity index (χ0v) is 23.1. The van der Waals surface area contributed by atoms with Crippen LogP contribution in [-0.4, -0.2) is 18.0 Å². The van der Waals surface area contributed by atoms with Crippen molar-refractivity contribution in [3.63, 3.8) is 0 Å². The van der Waals surface area contributed by atoms with E-state index in [9.17, 15) is 0 Å². The first-order chi connectivity index (χ1) is 14.9. The maximum absolute atomic E-state index is 4.51. The lowest BCUT2D eigenvalue weighted by Gasteiger charge is -2.27. The molecule has 1 aromatic carbocycles. The van der Waals surface area contributed by atoms with Crippen molar-refractivity contribution in [2.75, 3.05) is 13.1 Å². The highest BCUT2D eigenvalue weighted by Gasteiger charge is 2.20. The average molecular weight is 454 g/mol. The van der Waals surface area contributed by atoms with Gasteiger partial charge in [-0.05, 0) is 71.8 Å². The highest BCUT2D eigenvalue weighted by molar-refractivity contribution is 7.13. The number of benzene rings is 1. The van der Waals surface area contributed by atoms with Crippen LogP contribution in [0.5, 0.6) is 0 Å². The molecule has 2 rings (SSSR count). The van der Waals surface area contributed by atoms with Gasteiger partial charge in [0.25, 0.3) is 0 Å². The monoisotopic (exact) mass is 453 g/mol. The molecule has 0 saturated carbocycles. The Morgan fingerprint density at radius 3 is 1.94 bits per heavy atom. The second-order valence-electron chi connectivity index (χ2n) is 11.4. The largest absolute Gasteiger partial charge is 0.371 e. The van der Waals surface area contributed by atoms with Gasteiger partial charge in [0.1, 0.15) is 0 Å². The molecular weight excluding hydrogens is 406 g/mol. The van der Waals surface area contributed by atoms with E-state index in [4.69, 9.17) is 0 Å². The smallest absolute Gasteiger partial charge is 0.0503 e. The molecule has 32 heavy (non-hydrogen) atoms. The number of hydrogen-bond donors (Lipinski definition) is 0. The van der Waals surface area contributed by atoms with E-state index in [-0.39, 0.29) is 10.8 Å². The quantitative estimate of drug-likeness (QED) is 0.347. The molecule has 0 aliphatic rings. The fourth-order valence-corrected chi connectivity index (χ4v) is 5.23. The Labute approximate surface area is 202 Å². The fourth-order valence-electron chi connectivity index (χ4n) is 4.16. The Bertz CT molecular complexity index is 856. The third-order valence-electron chi connectivity index (χ3n) is 6.32. The van der Waals surface area contributed by atoms with E-state index in [1.165, 1.54) is 50.5 Å². The van der Waals surface area contributed by atoms with Crippen LogP contribution in [0.2, 0.25) is 0 Å². The van der Waals surface area contributed by atoms with Crippen LogP contribution < -0.4 is 0 Å². The molecule has 1 heterocycles. The molecule has 0 amide bonds. The maximum atomic E-state index is 4.51. The van der Waals surface area contributed by atoms with Gasteiger partial charge in [-0.15, -0.1) is 11.3 Å². The van der Waals surface area contributed by atoms with Crippen molar-refractivity contribution < 1.29 is 0 Å². The second kappa shape index (κ2) is 11.1. The molecular formula is C30H47NS. The van der Waals surface area contributed by atoms with Crippen LogP contribution in [-0.2, 0) is 23.7 Å². The van der Waals surface area contributed by atoms with Crippen molar-refractivity contribution in [2.45, 2.75) is 105 Å². The molecule has 0 spiro atoms. The van der Waals surface area contributed by atoms with Crippen molar-refractivity contribution in [1.82, 2.24) is 4.90 Å². The predicted molar refractivity (Wildman–Crippen MR) is 146 cm³/mol. The summed E-state index contributed by atoms with van der Waals surface area (Å²) in [7, 11) is 0. The molecule has 0 aliphatic heterocycles. The van der Waals surface area contributed by atoms with Crippen molar-refractivity contribution in [3.8, 4) is 0 Å². The molecule has 2 heteroatoms. The van der Waals surface area contributed by atoms with E-state index in [2.05, 4.69) is 98.1 Å². The van der Waals surface area contributed by atoms with Gasteiger partial charge in [0, 0.05) is 23.7 Å². The Kier molecular flexibility index (Phi) is 9.23. The maximum Gasteiger partial charge on any atom is 0.0503 e. The number of nitrogens with zero attached hydrogens (tertiary/aromatic N) is 1. The molecule has 2 aromatic rings. The van der Waals surface area contributed by atoms with Crippen LogP contribution in [0.15, 0.2) is 30.8 Å². The summed E-state index contributed by atoms with van der Waals surface area (Å²) in [5, 5.41) is 0. The number of aryl methyl sites for hydroxylation is 3. The predicted octanol–water partition coefficient (Wildman–Crippen LogP) is 8.92. The second-order valence-corrected chi connectivity index (χ2v) is 12.7. The Balaban J connectivity index is 2.15. The minimum atomic E-state index is 0.172. The first-order valence-electron chi connectivity index (χ1n) is 12.5. The molecule has 0 aliphatic carbocycles. The molecule has 0 bridgehead atoms. The summed E-state index contributed by atoms with van der Waals surface area (Å²) < 4.78 is 0. The highest BCUT2D eigenvalue weighted by atomic mass is 32.1. The van der Waals surface area contributed by atoms with E-state index in [0.29, 0.717) is 0 Å². The van der Waals surface area contributed by atoms with Gasteiger partial charge in [0.05, 0.1) is 4.88 Å². The Morgan fingerprint density at radius 1 is 0.844 bits per heavy atom. The van der Waals surface area contributed by atoms with Gasteiger partial charge in [-0.25, -0.2) is 0 Å². The van der Waals surface area contributed by atoms with E-state index >= 15 is 0 Å². The molecule has 178 valence electrons. The lowest BCUT2D eigenvalue weighted by molar-refractivity contribution is 0.390. The molecule has 0 saturated heterocycles. The standard InChI is InChI=1S/C30H47NS/c1-11-14-25-20-28(32-23(25)4)22(3)31(16-12-2)17-13-15-24-18-26(29(5,6)7)21-27(19-24)30(8,9)10/h18-21H,3,11-17H2,1-2,4-10H3. The summed E-state index contributed by atoms with van der Waals surface area (Å²) >= 11 is 1.91. The molecule has 1 nitrogen and oxygen atoms in total. The summed E-state index contributed by atoms with van der Waals surface area (Å²) in [5.74, 6) is 0. The summed E-state index contributed by atoms with van der Waals surface area (Å²) in [6.45, 7) is 27.4. The molecule has 1 aromatic heterocycles. The Hall–Kier alpha value is -1.54. The van der Waals surface area contributed by atoms with Gasteiger partial charge in [0.15, 0.2) is 0 Å². The zero-order valence-electron chi connectivity index (χ0n) is 22.3. The van der Waals surface area contributed by atoms with Crippen LogP contribution in [0, 0.1) is 6.92 Å². The van der Waals surface area contributed by atoms with E-state index < -0.39 is 0 Å². The topological polar surface area (TPSA) is 3.24 Å². The minimum absolute atomic E-state index is 0.172. The third-order valence-corrected chi connectivity index (χ3v) is 7.46. The van der Waals surface area contributed by atoms with Crippen LogP contribution >= 0.6 is 11.3 Å². The third kappa shape index (κ3) is 7.24. The number of rotatable bonds is 10. The average Bonchev–Trinajstić information content (AvgIpc) is 3.06. The first kappa shape index (κ1) is 26.7. The molecule has 0 fully saturated rings. The van der Waals surface area contributed by atoms with Crippen LogP contribution in [0.25, 0.3) is 5.70 Å². The fraction of sp³-hybridized carbons (Fsp3) is 0.600. The lowest BCUT2D eigenvalue weighted by atomic mass is 9.79. The Morgan fingerprint density at radius 2 is 1.44 bits per heavy atom. The molecule has 0 atom stereocenters. The van der Waals surface area contributed by atoms with Crippen molar-refractivity contribution >= 4 is 17.0 Å². The van der Waals surface area contributed by atoms with Gasteiger partial charge in [-0.2, -0.15) is 0 Å². The van der Waals surface area contributed by atoms with Gasteiger partial charge in [-0.1, -0.05) is 86.6 Å². The normalized spacial score (nSPS) is 12.3. The number of hydrogen-bond acceptors (Lipinski definition) is 2. The van der Waals surface area contributed by atoms with Crippen LogP contribution in [0.1, 0.15) is 107 Å². The lowest BCUT2D eigenvalue weighted by Crippen LogP contribution is -2.24. The van der Waals surface area contributed by atoms with Gasteiger partial charge in [0.2, 0.25) is 0 Å². The van der Waals surface area contributed by atoms with Gasteiger partial charge >= 0.3 is 0 Å².